The lowest BCUT2D eigenvalue weighted by Crippen LogP contribution is -1.98. The van der Waals surface area contributed by atoms with Crippen molar-refractivity contribution in [3.05, 3.63) is 333 Å². The summed E-state index contributed by atoms with van der Waals surface area (Å²) >= 11 is 9.85. The smallest absolute Gasteiger partial charge is 0.156 e. The minimum Gasteiger partial charge on any atom is -0.354 e. The standard InChI is InChI=1S/C45H27N3S.C30H20N2.C15H8ClNS/c1-2-12-28(13-3-1)29-22-24-30(25-23-29)47-36-19-9-5-15-32(36)42-38(47)26-27-39-43(42)33-16-6-10-20-37(33)48(39)45-44-41(31-14-4-8-18-35(31)46-45)34-17-7-11-21-40(34)49-44;1-2-8-20(9-3-1)21-14-16-22(17-15-21)32-27-13-7-5-11-24(27)30-28(32)19-18-26-29(30)23-10-4-6-12-25(23)31-26;16-15-14-13(9-5-1-3-7-11(9)17-15)10-6-2-4-8-12(10)18-14/h1-27H;1-19,31H;1-8H. The predicted octanol–water partition coefficient (Wildman–Crippen LogP) is 25.8. The molecule has 22 aromatic rings. The Hall–Kier alpha value is -12.2. The number of nitrogens with zero attached hydrogens (tertiary/aromatic N) is 5. The zero-order chi connectivity index (χ0) is 65.2. The first-order valence-electron chi connectivity index (χ1n) is 33.3. The lowest BCUT2D eigenvalue weighted by atomic mass is 10.1. The average Bonchev–Trinajstić information content (AvgIpc) is 1.56. The van der Waals surface area contributed by atoms with Crippen molar-refractivity contribution in [3.63, 3.8) is 0 Å². The highest BCUT2D eigenvalue weighted by atomic mass is 35.5. The highest BCUT2D eigenvalue weighted by Crippen LogP contribution is 2.48. The van der Waals surface area contributed by atoms with Gasteiger partial charge < -0.3 is 14.1 Å². The van der Waals surface area contributed by atoms with E-state index in [1.807, 2.05) is 29.5 Å². The van der Waals surface area contributed by atoms with E-state index in [1.54, 1.807) is 11.3 Å². The lowest BCUT2D eigenvalue weighted by molar-refractivity contribution is 1.12. The van der Waals surface area contributed by atoms with Gasteiger partial charge in [-0.2, -0.15) is 0 Å². The summed E-state index contributed by atoms with van der Waals surface area (Å²) in [5.74, 6) is 0.987. The van der Waals surface area contributed by atoms with Gasteiger partial charge in [0.2, 0.25) is 0 Å². The van der Waals surface area contributed by atoms with Crippen molar-refractivity contribution in [1.29, 1.82) is 0 Å². The van der Waals surface area contributed by atoms with Crippen molar-refractivity contribution >= 4 is 184 Å². The largest absolute Gasteiger partial charge is 0.354 e. The summed E-state index contributed by atoms with van der Waals surface area (Å²) in [5, 5.41) is 18.2. The first-order valence-corrected chi connectivity index (χ1v) is 35.3. The third-order valence-electron chi connectivity index (χ3n) is 19.8. The molecule has 0 fully saturated rings. The molecule has 9 heteroatoms. The van der Waals surface area contributed by atoms with E-state index >= 15 is 0 Å². The minimum atomic E-state index is 0.602. The van der Waals surface area contributed by atoms with Crippen LogP contribution in [0.3, 0.4) is 0 Å². The van der Waals surface area contributed by atoms with Crippen LogP contribution in [0.5, 0.6) is 0 Å². The first kappa shape index (κ1) is 57.1. The average molecular weight is 1320 g/mol. The Morgan fingerprint density at radius 3 is 1.16 bits per heavy atom. The summed E-state index contributed by atoms with van der Waals surface area (Å²) in [6.45, 7) is 0. The number of fused-ring (bicyclic) bond motifs is 24. The second-order valence-electron chi connectivity index (χ2n) is 25.3. The zero-order valence-corrected chi connectivity index (χ0v) is 55.5. The Morgan fingerprint density at radius 2 is 0.626 bits per heavy atom. The number of nitrogens with one attached hydrogen (secondary N) is 1. The monoisotopic (exact) mass is 1320 g/mol. The normalized spacial score (nSPS) is 11.9. The van der Waals surface area contributed by atoms with E-state index in [0.717, 1.165) is 38.3 Å². The molecule has 0 atom stereocenters. The predicted molar refractivity (Wildman–Crippen MR) is 424 cm³/mol. The molecular formula is C90H55ClN6S2. The van der Waals surface area contributed by atoms with E-state index in [2.05, 4.69) is 333 Å². The van der Waals surface area contributed by atoms with Crippen LogP contribution in [-0.4, -0.2) is 28.7 Å². The molecule has 0 aliphatic rings. The maximum absolute atomic E-state index is 6.31. The van der Waals surface area contributed by atoms with E-state index < -0.39 is 0 Å². The molecule has 0 aliphatic carbocycles. The minimum absolute atomic E-state index is 0.602. The Balaban J connectivity index is 0.000000113. The molecule has 0 spiro atoms. The van der Waals surface area contributed by atoms with Crippen LogP contribution in [0.25, 0.3) is 189 Å². The first-order chi connectivity index (χ1) is 49.1. The van der Waals surface area contributed by atoms with Crippen molar-refractivity contribution in [3.8, 4) is 39.4 Å². The van der Waals surface area contributed by atoms with Gasteiger partial charge in [-0.15, -0.1) is 22.7 Å². The van der Waals surface area contributed by atoms with Gasteiger partial charge in [-0.05, 0) is 119 Å². The van der Waals surface area contributed by atoms with Crippen molar-refractivity contribution in [2.75, 3.05) is 0 Å². The molecule has 0 amide bonds. The highest BCUT2D eigenvalue weighted by Gasteiger charge is 2.25. The van der Waals surface area contributed by atoms with Crippen molar-refractivity contribution in [2.24, 2.45) is 0 Å². The summed E-state index contributed by atoms with van der Waals surface area (Å²) in [6, 6.07) is 117. The molecule has 0 bridgehead atoms. The number of para-hydroxylation sites is 6. The molecule has 0 saturated carbocycles. The summed E-state index contributed by atoms with van der Waals surface area (Å²) in [6.07, 6.45) is 0. The Kier molecular flexibility index (Phi) is 13.3. The molecule has 0 unspecified atom stereocenters. The lowest BCUT2D eigenvalue weighted by Gasteiger charge is -2.11. The number of aromatic nitrogens is 6. The second-order valence-corrected chi connectivity index (χ2v) is 27.7. The molecule has 464 valence electrons. The zero-order valence-electron chi connectivity index (χ0n) is 53.1. The molecular weight excluding hydrogens is 1260 g/mol. The molecule has 1 N–H and O–H groups in total. The summed E-state index contributed by atoms with van der Waals surface area (Å²) in [7, 11) is 0. The van der Waals surface area contributed by atoms with Crippen molar-refractivity contribution in [2.45, 2.75) is 0 Å². The van der Waals surface area contributed by atoms with E-state index in [0.29, 0.717) is 5.15 Å². The van der Waals surface area contributed by atoms with E-state index in [9.17, 15) is 0 Å². The van der Waals surface area contributed by atoms with Crippen molar-refractivity contribution in [1.82, 2.24) is 28.7 Å². The van der Waals surface area contributed by atoms with Gasteiger partial charge in [-0.1, -0.05) is 242 Å². The number of rotatable bonds is 5. The van der Waals surface area contributed by atoms with Gasteiger partial charge >= 0.3 is 0 Å². The van der Waals surface area contributed by atoms with E-state index in [-0.39, 0.29) is 0 Å². The maximum Gasteiger partial charge on any atom is 0.156 e. The SMILES string of the molecule is Clc1nc2ccccc2c2c1sc1ccccc12.c1ccc(-c2ccc(-n3c4ccccc4c4c5c(ccc43)[nH]c3ccccc35)cc2)cc1.c1ccc(-c2ccc(-n3c4ccccc4c4c5c6ccccc6n(-c6nc7ccccc7c7c6sc6ccccc67)c5ccc43)cc2)cc1. The number of thiophene rings is 2. The fourth-order valence-corrected chi connectivity index (χ4v) is 18.1. The fraction of sp³-hybridized carbons (Fsp3) is 0. The third-order valence-corrected chi connectivity index (χ3v) is 22.6. The second kappa shape index (κ2) is 23.0. The fourth-order valence-electron chi connectivity index (χ4n) is 15.5. The van der Waals surface area contributed by atoms with Crippen LogP contribution < -0.4 is 0 Å². The van der Waals surface area contributed by atoms with Crippen LogP contribution in [0.1, 0.15) is 0 Å². The van der Waals surface area contributed by atoms with E-state index in [1.165, 1.54) is 151 Å². The Labute approximate surface area is 580 Å². The van der Waals surface area contributed by atoms with Gasteiger partial charge in [0.25, 0.3) is 0 Å². The highest BCUT2D eigenvalue weighted by molar-refractivity contribution is 7.27. The van der Waals surface area contributed by atoms with E-state index in [4.69, 9.17) is 16.6 Å². The molecule has 14 aromatic carbocycles. The summed E-state index contributed by atoms with van der Waals surface area (Å²) in [4.78, 5) is 13.5. The number of aromatic amines is 1. The van der Waals surface area contributed by atoms with Gasteiger partial charge in [-0.3, -0.25) is 4.57 Å². The molecule has 8 aromatic heterocycles. The van der Waals surface area contributed by atoms with Crippen LogP contribution in [0.2, 0.25) is 5.15 Å². The number of halogens is 1. The molecule has 6 nitrogen and oxygen atoms in total. The molecule has 0 saturated heterocycles. The number of hydrogen-bond acceptors (Lipinski definition) is 4. The van der Waals surface area contributed by atoms with Gasteiger partial charge in [0.05, 0.1) is 53.5 Å². The van der Waals surface area contributed by atoms with Crippen molar-refractivity contribution < 1.29 is 0 Å². The van der Waals surface area contributed by atoms with Crippen LogP contribution in [0.15, 0.2) is 328 Å². The molecule has 0 aliphatic heterocycles. The number of hydrogen-bond donors (Lipinski definition) is 1. The molecule has 22 rings (SSSR count). The molecule has 99 heavy (non-hydrogen) atoms. The third kappa shape index (κ3) is 9.07. The number of pyridine rings is 2. The maximum atomic E-state index is 6.31. The molecule has 0 radical (unpaired) electrons. The van der Waals surface area contributed by atoms with Gasteiger partial charge in [0.15, 0.2) is 5.82 Å². The Morgan fingerprint density at radius 1 is 0.253 bits per heavy atom. The molecule has 8 heterocycles. The van der Waals surface area contributed by atoms with Crippen LogP contribution in [-0.2, 0) is 0 Å². The number of benzene rings is 14. The quantitative estimate of drug-likeness (QED) is 0.175. The van der Waals surface area contributed by atoms with Gasteiger partial charge in [0.1, 0.15) is 5.15 Å². The summed E-state index contributed by atoms with van der Waals surface area (Å²) < 4.78 is 12.0. The topological polar surface area (TPSA) is 56.4 Å². The summed E-state index contributed by atoms with van der Waals surface area (Å²) in [5.41, 5.74) is 18.7. The van der Waals surface area contributed by atoms with Gasteiger partial charge in [0, 0.05) is 107 Å². The van der Waals surface area contributed by atoms with Crippen LogP contribution in [0.4, 0.5) is 0 Å². The van der Waals surface area contributed by atoms with Crippen LogP contribution in [0, 0.1) is 0 Å². The number of H-pyrrole nitrogens is 1. The van der Waals surface area contributed by atoms with Gasteiger partial charge in [-0.25, -0.2) is 9.97 Å². The Bertz CT molecular complexity index is 6980. The van der Waals surface area contributed by atoms with Crippen LogP contribution >= 0.6 is 34.3 Å².